The van der Waals surface area contributed by atoms with E-state index in [-0.39, 0.29) is 5.56 Å². The molecule has 2 heterocycles. The van der Waals surface area contributed by atoms with Gasteiger partial charge in [-0.2, -0.15) is 10.2 Å². The van der Waals surface area contributed by atoms with Gasteiger partial charge in [0.2, 0.25) is 0 Å². The Bertz CT molecular complexity index is 961. The van der Waals surface area contributed by atoms with E-state index in [1.807, 2.05) is 0 Å². The summed E-state index contributed by atoms with van der Waals surface area (Å²) < 4.78 is 3.02. The fourth-order valence-corrected chi connectivity index (χ4v) is 2.69. The van der Waals surface area contributed by atoms with Crippen molar-refractivity contribution >= 4 is 23.5 Å². The number of rotatable bonds is 5. The fourth-order valence-electron chi connectivity index (χ4n) is 2.56. The molecule has 3 aromatic rings. The molecule has 0 bridgehead atoms. The first-order chi connectivity index (χ1) is 12.3. The van der Waals surface area contributed by atoms with Crippen LogP contribution in [0.4, 0.5) is 0 Å². The number of halogens is 1. The first-order valence-electron chi connectivity index (χ1n) is 7.69. The summed E-state index contributed by atoms with van der Waals surface area (Å²) in [6.45, 7) is 1.69. The van der Waals surface area contributed by atoms with Gasteiger partial charge in [0.1, 0.15) is 0 Å². The lowest BCUT2D eigenvalue weighted by molar-refractivity contribution is -0.139. The van der Waals surface area contributed by atoms with E-state index >= 15 is 0 Å². The molecule has 1 aromatic carbocycles. The van der Waals surface area contributed by atoms with Gasteiger partial charge in [0.05, 0.1) is 23.1 Å². The van der Waals surface area contributed by atoms with Crippen LogP contribution in [0.5, 0.6) is 0 Å². The molecule has 2 aromatic heterocycles. The predicted octanol–water partition coefficient (Wildman–Crippen LogP) is 2.12. The van der Waals surface area contributed by atoms with Crippen LogP contribution in [0.25, 0.3) is 5.69 Å². The van der Waals surface area contributed by atoms with Crippen LogP contribution in [0.3, 0.4) is 0 Å². The number of nitrogens with one attached hydrogen (secondary N) is 1. The summed E-state index contributed by atoms with van der Waals surface area (Å²) in [5, 5.41) is 20.8. The summed E-state index contributed by atoms with van der Waals surface area (Å²) in [6.07, 6.45) is 4.47. The minimum atomic E-state index is -1.20. The number of carbonyl (C=O) groups is 2. The summed E-state index contributed by atoms with van der Waals surface area (Å²) in [4.78, 5) is 24.1. The monoisotopic (exact) mass is 373 g/mol. The van der Waals surface area contributed by atoms with Crippen molar-refractivity contribution in [1.82, 2.24) is 24.9 Å². The zero-order valence-electron chi connectivity index (χ0n) is 14.0. The second-order valence-corrected chi connectivity index (χ2v) is 6.17. The van der Waals surface area contributed by atoms with Crippen molar-refractivity contribution < 1.29 is 14.7 Å². The highest BCUT2D eigenvalue weighted by molar-refractivity contribution is 6.30. The molecule has 0 aliphatic heterocycles. The Kier molecular flexibility index (Phi) is 4.77. The van der Waals surface area contributed by atoms with Gasteiger partial charge in [0.25, 0.3) is 5.91 Å². The molecule has 1 unspecified atom stereocenters. The molecule has 9 heteroatoms. The van der Waals surface area contributed by atoms with Gasteiger partial charge < -0.3 is 10.4 Å². The van der Waals surface area contributed by atoms with E-state index in [0.29, 0.717) is 16.3 Å². The van der Waals surface area contributed by atoms with Crippen molar-refractivity contribution in [3.63, 3.8) is 0 Å². The van der Waals surface area contributed by atoms with Gasteiger partial charge in [-0.3, -0.25) is 9.48 Å². The molecule has 0 saturated heterocycles. The highest BCUT2D eigenvalue weighted by Crippen LogP contribution is 2.18. The average molecular weight is 374 g/mol. The number of benzene rings is 1. The van der Waals surface area contributed by atoms with Crippen molar-refractivity contribution in [2.75, 3.05) is 0 Å². The van der Waals surface area contributed by atoms with E-state index in [4.69, 9.17) is 11.6 Å². The number of carboxylic acids is 1. The smallest absolute Gasteiger partial charge is 0.331 e. The molecule has 0 fully saturated rings. The van der Waals surface area contributed by atoms with Gasteiger partial charge in [0.15, 0.2) is 6.04 Å². The lowest BCUT2D eigenvalue weighted by atomic mass is 10.1. The Labute approximate surface area is 154 Å². The molecule has 1 amide bonds. The van der Waals surface area contributed by atoms with E-state index in [2.05, 4.69) is 15.5 Å². The van der Waals surface area contributed by atoms with Gasteiger partial charge in [-0.1, -0.05) is 11.6 Å². The molecule has 26 heavy (non-hydrogen) atoms. The molecule has 0 spiro atoms. The zero-order valence-corrected chi connectivity index (χ0v) is 14.8. The minimum Gasteiger partial charge on any atom is -0.479 e. The molecule has 2 N–H and O–H groups in total. The first kappa shape index (κ1) is 17.7. The van der Waals surface area contributed by atoms with Crippen LogP contribution in [-0.2, 0) is 11.8 Å². The molecule has 1 atom stereocenters. The number of aryl methyl sites for hydroxylation is 2. The van der Waals surface area contributed by atoms with Crippen LogP contribution in [0.1, 0.15) is 27.7 Å². The Morgan fingerprint density at radius 3 is 2.50 bits per heavy atom. The summed E-state index contributed by atoms with van der Waals surface area (Å²) in [6, 6.07) is 5.75. The van der Waals surface area contributed by atoms with Crippen molar-refractivity contribution in [2.45, 2.75) is 13.0 Å². The van der Waals surface area contributed by atoms with Crippen LogP contribution >= 0.6 is 11.6 Å². The van der Waals surface area contributed by atoms with Crippen LogP contribution in [-0.4, -0.2) is 36.5 Å². The molecule has 0 radical (unpaired) electrons. The second-order valence-electron chi connectivity index (χ2n) is 5.74. The lowest BCUT2D eigenvalue weighted by Gasteiger charge is -2.13. The van der Waals surface area contributed by atoms with Gasteiger partial charge in [0, 0.05) is 30.0 Å². The van der Waals surface area contributed by atoms with Gasteiger partial charge >= 0.3 is 5.97 Å². The quantitative estimate of drug-likeness (QED) is 0.713. The maximum atomic E-state index is 12.5. The van der Waals surface area contributed by atoms with E-state index in [9.17, 15) is 14.7 Å². The highest BCUT2D eigenvalue weighted by Gasteiger charge is 2.26. The van der Waals surface area contributed by atoms with Crippen molar-refractivity contribution in [2.24, 2.45) is 7.05 Å². The molecule has 0 saturated carbocycles. The Balaban J connectivity index is 1.81. The number of aliphatic carboxylic acids is 1. The molecule has 0 aliphatic carbocycles. The summed E-state index contributed by atoms with van der Waals surface area (Å²) in [5.74, 6) is -1.71. The Morgan fingerprint density at radius 2 is 1.92 bits per heavy atom. The first-order valence-corrected chi connectivity index (χ1v) is 8.07. The number of carboxylic acid groups (broad SMARTS) is 1. The number of hydrogen-bond donors (Lipinski definition) is 2. The van der Waals surface area contributed by atoms with Gasteiger partial charge in [-0.15, -0.1) is 0 Å². The molecule has 8 nitrogen and oxygen atoms in total. The largest absolute Gasteiger partial charge is 0.479 e. The van der Waals surface area contributed by atoms with Crippen LogP contribution < -0.4 is 5.32 Å². The Hall–Kier alpha value is -3.13. The number of hydrogen-bond acceptors (Lipinski definition) is 4. The standard InChI is InChI=1S/C17H16ClN5O3/c1-10-14(9-22(2)21-10)15(17(25)26)20-16(24)11-7-19-23(8-11)13-5-3-12(18)4-6-13/h3-9,15H,1-2H3,(H,20,24)(H,25,26). The molecule has 0 aliphatic rings. The highest BCUT2D eigenvalue weighted by atomic mass is 35.5. The maximum absolute atomic E-state index is 12.5. The van der Waals surface area contributed by atoms with Crippen molar-refractivity contribution in [1.29, 1.82) is 0 Å². The predicted molar refractivity (Wildman–Crippen MR) is 94.4 cm³/mol. The zero-order chi connectivity index (χ0) is 18.8. The number of carbonyl (C=O) groups excluding carboxylic acids is 1. The topological polar surface area (TPSA) is 102 Å². The molecule has 134 valence electrons. The van der Waals surface area contributed by atoms with E-state index in [1.54, 1.807) is 44.4 Å². The van der Waals surface area contributed by atoms with Crippen molar-refractivity contribution in [3.05, 3.63) is 64.7 Å². The molecular weight excluding hydrogens is 358 g/mol. The molecular formula is C17H16ClN5O3. The van der Waals surface area contributed by atoms with Crippen LogP contribution in [0.15, 0.2) is 42.9 Å². The number of amides is 1. The third-order valence-electron chi connectivity index (χ3n) is 3.82. The summed E-state index contributed by atoms with van der Waals surface area (Å²) >= 11 is 5.86. The van der Waals surface area contributed by atoms with E-state index < -0.39 is 17.9 Å². The van der Waals surface area contributed by atoms with Crippen LogP contribution in [0.2, 0.25) is 5.02 Å². The average Bonchev–Trinajstić information content (AvgIpc) is 3.19. The Morgan fingerprint density at radius 1 is 1.23 bits per heavy atom. The SMILES string of the molecule is Cc1nn(C)cc1C(NC(=O)c1cnn(-c2ccc(Cl)cc2)c1)C(=O)O. The summed E-state index contributed by atoms with van der Waals surface area (Å²) in [5.41, 5.74) is 1.94. The van der Waals surface area contributed by atoms with Crippen LogP contribution in [0, 0.1) is 6.92 Å². The lowest BCUT2D eigenvalue weighted by Crippen LogP contribution is -2.33. The summed E-state index contributed by atoms with van der Waals surface area (Å²) in [7, 11) is 1.69. The third kappa shape index (κ3) is 3.60. The minimum absolute atomic E-state index is 0.243. The number of aromatic nitrogens is 4. The third-order valence-corrected chi connectivity index (χ3v) is 4.07. The van der Waals surface area contributed by atoms with Crippen molar-refractivity contribution in [3.8, 4) is 5.69 Å². The van der Waals surface area contributed by atoms with Gasteiger partial charge in [-0.25, -0.2) is 9.48 Å². The number of nitrogens with zero attached hydrogens (tertiary/aromatic N) is 4. The van der Waals surface area contributed by atoms with E-state index in [1.165, 1.54) is 21.8 Å². The van der Waals surface area contributed by atoms with E-state index in [0.717, 1.165) is 5.69 Å². The fraction of sp³-hybridized carbons (Fsp3) is 0.176. The molecule has 3 rings (SSSR count). The maximum Gasteiger partial charge on any atom is 0.331 e. The normalized spacial score (nSPS) is 12.0. The second kappa shape index (κ2) is 7.01. The van der Waals surface area contributed by atoms with Gasteiger partial charge in [-0.05, 0) is 31.2 Å².